The van der Waals surface area contributed by atoms with Crippen LogP contribution in [0.5, 0.6) is 0 Å². The molecule has 4 aromatic heterocycles. The Bertz CT molecular complexity index is 2210. The monoisotopic (exact) mass is 688 g/mol. The predicted octanol–water partition coefficient (Wildman–Crippen LogP) is 4.96. The molecule has 12 nitrogen and oxygen atoms in total. The summed E-state index contributed by atoms with van der Waals surface area (Å²) in [5.74, 6) is 0.330. The number of nitrogens with zero attached hydrogens (tertiary/aromatic N) is 7. The SMILES string of the molecule is Cn1ccc(-c2ccc(N(C(=O)CCc3ccccc3)C3CCC(Nc4ncc(C#N)c(-c5cncc(S(C)(=O)=O)c5)n4)CC3)cn2)cc1=O. The van der Waals surface area contributed by atoms with Crippen molar-refractivity contribution >= 4 is 27.4 Å². The summed E-state index contributed by atoms with van der Waals surface area (Å²) in [6.45, 7) is 0. The molecule has 1 aromatic carbocycles. The molecule has 0 radical (unpaired) electrons. The van der Waals surface area contributed by atoms with Gasteiger partial charge in [-0.2, -0.15) is 5.26 Å². The first-order valence-electron chi connectivity index (χ1n) is 16.3. The molecule has 254 valence electrons. The van der Waals surface area contributed by atoms with Crippen LogP contribution in [0.1, 0.15) is 43.2 Å². The highest BCUT2D eigenvalue weighted by atomic mass is 32.2. The lowest BCUT2D eigenvalue weighted by Gasteiger charge is -2.37. The molecule has 4 heterocycles. The molecule has 1 fully saturated rings. The lowest BCUT2D eigenvalue weighted by Crippen LogP contribution is -2.44. The summed E-state index contributed by atoms with van der Waals surface area (Å²) >= 11 is 0. The molecular formula is C37H36N8O4S. The number of amides is 1. The van der Waals surface area contributed by atoms with Crippen LogP contribution in [0.2, 0.25) is 0 Å². The van der Waals surface area contributed by atoms with Crippen molar-refractivity contribution in [2.45, 2.75) is 55.5 Å². The third-order valence-corrected chi connectivity index (χ3v) is 9.96. The van der Waals surface area contributed by atoms with Gasteiger partial charge in [-0.15, -0.1) is 0 Å². The molecule has 1 N–H and O–H groups in total. The van der Waals surface area contributed by atoms with Crippen molar-refractivity contribution in [2.75, 3.05) is 16.5 Å². The van der Waals surface area contributed by atoms with E-state index >= 15 is 0 Å². The molecule has 0 spiro atoms. The Morgan fingerprint density at radius 3 is 2.44 bits per heavy atom. The van der Waals surface area contributed by atoms with E-state index in [0.29, 0.717) is 59.8 Å². The fourth-order valence-corrected chi connectivity index (χ4v) is 6.74. The molecule has 0 unspecified atom stereocenters. The Balaban J connectivity index is 1.19. The first-order chi connectivity index (χ1) is 24.1. The number of hydrogen-bond acceptors (Lipinski definition) is 10. The molecule has 6 rings (SSSR count). The van der Waals surface area contributed by atoms with Gasteiger partial charge in [0.15, 0.2) is 9.84 Å². The topological polar surface area (TPSA) is 164 Å². The molecule has 13 heteroatoms. The van der Waals surface area contributed by atoms with E-state index in [0.717, 1.165) is 24.7 Å². The van der Waals surface area contributed by atoms with Gasteiger partial charge in [0.25, 0.3) is 5.56 Å². The molecule has 1 amide bonds. The van der Waals surface area contributed by atoms with E-state index in [-0.39, 0.29) is 34.0 Å². The number of benzene rings is 1. The summed E-state index contributed by atoms with van der Waals surface area (Å²) in [6, 6.07) is 20.5. The van der Waals surface area contributed by atoms with E-state index in [1.807, 2.05) is 53.4 Å². The minimum atomic E-state index is -3.51. The minimum Gasteiger partial charge on any atom is -0.351 e. The van der Waals surface area contributed by atoms with Gasteiger partial charge >= 0.3 is 0 Å². The quantitative estimate of drug-likeness (QED) is 0.212. The van der Waals surface area contributed by atoms with E-state index in [2.05, 4.69) is 31.3 Å². The highest BCUT2D eigenvalue weighted by Gasteiger charge is 2.30. The van der Waals surface area contributed by atoms with Crippen molar-refractivity contribution in [1.82, 2.24) is 24.5 Å². The Labute approximate surface area is 290 Å². The lowest BCUT2D eigenvalue weighted by molar-refractivity contribution is -0.119. The highest BCUT2D eigenvalue weighted by molar-refractivity contribution is 7.90. The Hall–Kier alpha value is -5.74. The van der Waals surface area contributed by atoms with Gasteiger partial charge in [0.05, 0.1) is 39.9 Å². The lowest BCUT2D eigenvalue weighted by atomic mass is 9.89. The average molecular weight is 689 g/mol. The molecule has 1 saturated carbocycles. The fraction of sp³-hybridized carbons (Fsp3) is 0.270. The van der Waals surface area contributed by atoms with Gasteiger partial charge < -0.3 is 14.8 Å². The zero-order valence-corrected chi connectivity index (χ0v) is 28.5. The van der Waals surface area contributed by atoms with Crippen LogP contribution in [0.3, 0.4) is 0 Å². The predicted molar refractivity (Wildman–Crippen MR) is 190 cm³/mol. The second-order valence-electron chi connectivity index (χ2n) is 12.4. The van der Waals surface area contributed by atoms with Gasteiger partial charge in [0.2, 0.25) is 11.9 Å². The minimum absolute atomic E-state index is 0.00924. The van der Waals surface area contributed by atoms with Crippen molar-refractivity contribution in [3.8, 4) is 28.6 Å². The first kappa shape index (κ1) is 34.1. The number of nitrogens with one attached hydrogen (secondary N) is 1. The second-order valence-corrected chi connectivity index (χ2v) is 14.4. The van der Waals surface area contributed by atoms with Crippen LogP contribution in [0, 0.1) is 11.3 Å². The maximum absolute atomic E-state index is 13.9. The third kappa shape index (κ3) is 7.93. The fourth-order valence-electron chi connectivity index (χ4n) is 6.15. The van der Waals surface area contributed by atoms with Crippen molar-refractivity contribution in [3.63, 3.8) is 0 Å². The number of anilines is 2. The maximum atomic E-state index is 13.9. The Morgan fingerprint density at radius 1 is 0.980 bits per heavy atom. The van der Waals surface area contributed by atoms with Crippen LogP contribution in [0.25, 0.3) is 22.5 Å². The Kier molecular flexibility index (Phi) is 10.1. The summed E-state index contributed by atoms with van der Waals surface area (Å²) in [6.07, 6.45) is 12.5. The van der Waals surface area contributed by atoms with Crippen LogP contribution >= 0.6 is 0 Å². The van der Waals surface area contributed by atoms with Gasteiger partial charge in [-0.25, -0.2) is 18.4 Å². The van der Waals surface area contributed by atoms with Crippen molar-refractivity contribution in [1.29, 1.82) is 5.26 Å². The van der Waals surface area contributed by atoms with E-state index in [1.165, 1.54) is 29.2 Å². The van der Waals surface area contributed by atoms with E-state index in [1.54, 1.807) is 25.5 Å². The third-order valence-electron chi connectivity index (χ3n) is 8.88. The number of nitriles is 1. The van der Waals surface area contributed by atoms with Gasteiger partial charge in [0, 0.05) is 67.6 Å². The maximum Gasteiger partial charge on any atom is 0.250 e. The van der Waals surface area contributed by atoms with E-state index in [4.69, 9.17) is 0 Å². The number of pyridine rings is 3. The second kappa shape index (κ2) is 14.8. The highest BCUT2D eigenvalue weighted by Crippen LogP contribution is 2.31. The smallest absolute Gasteiger partial charge is 0.250 e. The van der Waals surface area contributed by atoms with Crippen molar-refractivity contribution in [3.05, 3.63) is 113 Å². The molecule has 0 atom stereocenters. The van der Waals surface area contributed by atoms with Crippen LogP contribution in [0.4, 0.5) is 11.6 Å². The molecule has 0 bridgehead atoms. The van der Waals surface area contributed by atoms with E-state index in [9.17, 15) is 23.3 Å². The van der Waals surface area contributed by atoms with Crippen LogP contribution < -0.4 is 15.8 Å². The van der Waals surface area contributed by atoms with Gasteiger partial charge in [-0.3, -0.25) is 19.6 Å². The van der Waals surface area contributed by atoms with Gasteiger partial charge in [-0.05, 0) is 61.9 Å². The van der Waals surface area contributed by atoms with Crippen LogP contribution in [-0.4, -0.2) is 57.2 Å². The summed E-state index contributed by atoms with van der Waals surface area (Å²) in [5.41, 5.74) is 3.92. The number of carbonyl (C=O) groups is 1. The zero-order chi connectivity index (χ0) is 35.3. The number of rotatable bonds is 10. The van der Waals surface area contributed by atoms with Gasteiger partial charge in [-0.1, -0.05) is 30.3 Å². The number of hydrogen-bond donors (Lipinski definition) is 1. The molecule has 0 aliphatic heterocycles. The standard InChI is InChI=1S/C37H36N8O4S/c1-44-17-16-26(19-35(44)47)33-14-13-31(23-40-33)45(34(46)15-8-25-6-4-3-5-7-25)30-11-9-29(10-12-30)42-37-41-22-28(20-38)36(43-37)27-18-32(24-39-21-27)50(2,48)49/h3-7,13-14,16-19,21-24,29-30H,8-12,15H2,1-2H3,(H,41,42,43). The number of sulfone groups is 1. The number of carbonyl (C=O) groups excluding carboxylic acids is 1. The average Bonchev–Trinajstić information content (AvgIpc) is 3.13. The summed E-state index contributed by atoms with van der Waals surface area (Å²) in [5, 5.41) is 13.1. The first-order valence-corrected chi connectivity index (χ1v) is 18.2. The van der Waals surface area contributed by atoms with Gasteiger partial charge in [0.1, 0.15) is 6.07 Å². The van der Waals surface area contributed by atoms with Crippen molar-refractivity contribution in [2.24, 2.45) is 7.05 Å². The molecule has 50 heavy (non-hydrogen) atoms. The molecular weight excluding hydrogens is 653 g/mol. The molecule has 1 aliphatic carbocycles. The molecule has 0 saturated heterocycles. The summed E-state index contributed by atoms with van der Waals surface area (Å²) in [4.78, 5) is 45.6. The van der Waals surface area contributed by atoms with Crippen LogP contribution in [-0.2, 0) is 28.1 Å². The summed E-state index contributed by atoms with van der Waals surface area (Å²) in [7, 11) is -1.81. The van der Waals surface area contributed by atoms with Crippen LogP contribution in [0.15, 0.2) is 101 Å². The largest absolute Gasteiger partial charge is 0.351 e. The zero-order valence-electron chi connectivity index (χ0n) is 27.7. The Morgan fingerprint density at radius 2 is 1.76 bits per heavy atom. The molecule has 1 aliphatic rings. The number of aromatic nitrogens is 5. The number of aryl methyl sites for hydroxylation is 2. The van der Waals surface area contributed by atoms with E-state index < -0.39 is 9.84 Å². The van der Waals surface area contributed by atoms with Crippen molar-refractivity contribution < 1.29 is 13.2 Å². The summed E-state index contributed by atoms with van der Waals surface area (Å²) < 4.78 is 25.7. The normalized spacial score (nSPS) is 15.9. The molecule has 5 aromatic rings.